The lowest BCUT2D eigenvalue weighted by molar-refractivity contribution is -0.118. The molecule has 0 aliphatic rings. The predicted molar refractivity (Wildman–Crippen MR) is 133 cm³/mol. The van der Waals surface area contributed by atoms with Gasteiger partial charge in [0.05, 0.1) is 28.6 Å². The fourth-order valence-electron chi connectivity index (χ4n) is 3.09. The number of aryl methyl sites for hydroxylation is 1. The number of hydrogen-bond acceptors (Lipinski definition) is 5. The standard InChI is InChI=1S/C24H19BrN4O2S/c1-16-6-2-3-7-17(16)14-26-28-22(30)15-32-24-27-21-9-5-4-8-20(21)23(31)29(24)19-12-10-18(25)11-13-19/h2-14H,15H2,1H3,(H,28,30). The number of hydrazone groups is 1. The molecular formula is C24H19BrN4O2S. The van der Waals surface area contributed by atoms with E-state index in [1.54, 1.807) is 18.3 Å². The summed E-state index contributed by atoms with van der Waals surface area (Å²) >= 11 is 4.60. The molecule has 1 heterocycles. The van der Waals surface area contributed by atoms with Gasteiger partial charge in [-0.05, 0) is 54.4 Å². The largest absolute Gasteiger partial charge is 0.272 e. The van der Waals surface area contributed by atoms with Gasteiger partial charge in [-0.2, -0.15) is 5.10 Å². The highest BCUT2D eigenvalue weighted by Gasteiger charge is 2.14. The van der Waals surface area contributed by atoms with E-state index in [9.17, 15) is 9.59 Å². The van der Waals surface area contributed by atoms with Gasteiger partial charge in [0, 0.05) is 4.47 Å². The van der Waals surface area contributed by atoms with Crippen LogP contribution in [0.2, 0.25) is 0 Å². The molecule has 0 unspecified atom stereocenters. The van der Waals surface area contributed by atoms with Gasteiger partial charge in [-0.15, -0.1) is 0 Å². The first kappa shape index (κ1) is 22.0. The highest BCUT2D eigenvalue weighted by molar-refractivity contribution is 9.10. The Kier molecular flexibility index (Phi) is 6.82. The third kappa shape index (κ3) is 4.98. The number of carbonyl (C=O) groups excluding carboxylic acids is 1. The lowest BCUT2D eigenvalue weighted by atomic mass is 10.1. The van der Waals surface area contributed by atoms with Crippen molar-refractivity contribution in [2.75, 3.05) is 5.75 Å². The molecule has 0 aliphatic carbocycles. The van der Waals surface area contributed by atoms with Gasteiger partial charge in [-0.25, -0.2) is 10.4 Å². The normalized spacial score (nSPS) is 11.2. The van der Waals surface area contributed by atoms with Crippen molar-refractivity contribution in [1.29, 1.82) is 0 Å². The molecule has 0 bridgehead atoms. The first-order valence-electron chi connectivity index (χ1n) is 9.81. The molecule has 0 radical (unpaired) electrons. The summed E-state index contributed by atoms with van der Waals surface area (Å²) in [6, 6.07) is 22.3. The number of fused-ring (bicyclic) bond motifs is 1. The van der Waals surface area contributed by atoms with Gasteiger partial charge in [-0.3, -0.25) is 14.2 Å². The second kappa shape index (κ2) is 9.93. The summed E-state index contributed by atoms with van der Waals surface area (Å²) in [6.45, 7) is 1.98. The molecule has 160 valence electrons. The molecule has 1 N–H and O–H groups in total. The van der Waals surface area contributed by atoms with Crippen LogP contribution < -0.4 is 11.0 Å². The number of para-hydroxylation sites is 1. The van der Waals surface area contributed by atoms with E-state index in [4.69, 9.17) is 0 Å². The summed E-state index contributed by atoms with van der Waals surface area (Å²) in [6.07, 6.45) is 1.62. The molecule has 4 rings (SSSR count). The van der Waals surface area contributed by atoms with Crippen molar-refractivity contribution in [2.24, 2.45) is 5.10 Å². The van der Waals surface area contributed by atoms with Crippen LogP contribution in [0.3, 0.4) is 0 Å². The average molecular weight is 507 g/mol. The summed E-state index contributed by atoms with van der Waals surface area (Å²) < 4.78 is 2.44. The maximum atomic E-state index is 13.2. The van der Waals surface area contributed by atoms with E-state index in [2.05, 4.69) is 31.4 Å². The number of rotatable bonds is 6. The topological polar surface area (TPSA) is 76.3 Å². The Morgan fingerprint density at radius 1 is 1.09 bits per heavy atom. The number of benzene rings is 3. The molecule has 0 atom stereocenters. The first-order chi connectivity index (χ1) is 15.5. The highest BCUT2D eigenvalue weighted by Crippen LogP contribution is 2.22. The number of thioether (sulfide) groups is 1. The average Bonchev–Trinajstić information content (AvgIpc) is 2.80. The van der Waals surface area contributed by atoms with Crippen LogP contribution in [-0.2, 0) is 4.79 Å². The zero-order chi connectivity index (χ0) is 22.5. The Morgan fingerprint density at radius 3 is 2.59 bits per heavy atom. The van der Waals surface area contributed by atoms with Gasteiger partial charge in [-0.1, -0.05) is 64.1 Å². The van der Waals surface area contributed by atoms with Crippen molar-refractivity contribution in [2.45, 2.75) is 12.1 Å². The molecule has 8 heteroatoms. The SMILES string of the molecule is Cc1ccccc1C=NNC(=O)CSc1nc2ccccc2c(=O)n1-c1ccc(Br)cc1. The third-order valence-corrected chi connectivity index (χ3v) is 6.21. The molecule has 0 saturated carbocycles. The Morgan fingerprint density at radius 2 is 1.81 bits per heavy atom. The molecule has 6 nitrogen and oxygen atoms in total. The van der Waals surface area contributed by atoms with E-state index < -0.39 is 0 Å². The van der Waals surface area contributed by atoms with Crippen molar-refractivity contribution < 1.29 is 4.79 Å². The first-order valence-corrected chi connectivity index (χ1v) is 11.6. The van der Waals surface area contributed by atoms with Crippen molar-refractivity contribution in [3.8, 4) is 5.69 Å². The van der Waals surface area contributed by atoms with Gasteiger partial charge < -0.3 is 0 Å². The summed E-state index contributed by atoms with van der Waals surface area (Å²) in [4.78, 5) is 30.2. The smallest absolute Gasteiger partial charge is 0.266 e. The molecule has 4 aromatic rings. The molecule has 0 aliphatic heterocycles. The summed E-state index contributed by atoms with van der Waals surface area (Å²) in [5.74, 6) is -0.225. The Balaban J connectivity index is 1.57. The van der Waals surface area contributed by atoms with Crippen LogP contribution in [0, 0.1) is 6.92 Å². The fraction of sp³-hybridized carbons (Fsp3) is 0.0833. The molecular weight excluding hydrogens is 488 g/mol. The van der Waals surface area contributed by atoms with Gasteiger partial charge in [0.1, 0.15) is 0 Å². The molecule has 32 heavy (non-hydrogen) atoms. The van der Waals surface area contributed by atoms with E-state index in [1.165, 1.54) is 16.3 Å². The molecule has 0 saturated heterocycles. The Labute approximate surface area is 197 Å². The molecule has 3 aromatic carbocycles. The summed E-state index contributed by atoms with van der Waals surface area (Å²) in [5, 5.41) is 5.00. The van der Waals surface area contributed by atoms with Crippen LogP contribution in [0.15, 0.2) is 92.3 Å². The zero-order valence-electron chi connectivity index (χ0n) is 17.2. The van der Waals surface area contributed by atoms with Crippen molar-refractivity contribution >= 4 is 50.7 Å². The van der Waals surface area contributed by atoms with E-state index >= 15 is 0 Å². The Bertz CT molecular complexity index is 1370. The zero-order valence-corrected chi connectivity index (χ0v) is 19.6. The maximum absolute atomic E-state index is 13.2. The number of aromatic nitrogens is 2. The monoisotopic (exact) mass is 506 g/mol. The number of nitrogens with zero attached hydrogens (tertiary/aromatic N) is 3. The maximum Gasteiger partial charge on any atom is 0.266 e. The minimum absolute atomic E-state index is 0.0619. The number of nitrogens with one attached hydrogen (secondary N) is 1. The fourth-order valence-corrected chi connectivity index (χ4v) is 4.16. The summed E-state index contributed by atoms with van der Waals surface area (Å²) in [5.41, 5.74) is 5.62. The second-order valence-corrected chi connectivity index (χ2v) is 8.83. The molecule has 0 spiro atoms. The van der Waals surface area contributed by atoms with E-state index in [0.29, 0.717) is 21.7 Å². The van der Waals surface area contributed by atoms with Crippen LogP contribution in [0.5, 0.6) is 0 Å². The third-order valence-electron chi connectivity index (χ3n) is 4.74. The van der Waals surface area contributed by atoms with Gasteiger partial charge >= 0.3 is 0 Å². The minimum atomic E-state index is -0.287. The van der Waals surface area contributed by atoms with Crippen LogP contribution in [0.25, 0.3) is 16.6 Å². The van der Waals surface area contributed by atoms with Gasteiger partial charge in [0.25, 0.3) is 11.5 Å². The Hall–Kier alpha value is -3.23. The van der Waals surface area contributed by atoms with Crippen molar-refractivity contribution in [3.05, 3.63) is 98.7 Å². The lowest BCUT2D eigenvalue weighted by Crippen LogP contribution is -2.24. The number of hydrogen-bond donors (Lipinski definition) is 1. The number of carbonyl (C=O) groups is 1. The molecule has 1 aromatic heterocycles. The van der Waals surface area contributed by atoms with Crippen LogP contribution in [0.1, 0.15) is 11.1 Å². The van der Waals surface area contributed by atoms with Gasteiger partial charge in [0.15, 0.2) is 5.16 Å². The van der Waals surface area contributed by atoms with Crippen LogP contribution >= 0.6 is 27.7 Å². The highest BCUT2D eigenvalue weighted by atomic mass is 79.9. The molecule has 1 amide bonds. The quantitative estimate of drug-likeness (QED) is 0.178. The van der Waals surface area contributed by atoms with Crippen LogP contribution in [-0.4, -0.2) is 27.4 Å². The number of amides is 1. The predicted octanol–water partition coefficient (Wildman–Crippen LogP) is 4.70. The van der Waals surface area contributed by atoms with Crippen LogP contribution in [0.4, 0.5) is 0 Å². The van der Waals surface area contributed by atoms with E-state index in [-0.39, 0.29) is 17.2 Å². The van der Waals surface area contributed by atoms with E-state index in [1.807, 2.05) is 67.6 Å². The van der Waals surface area contributed by atoms with Crippen molar-refractivity contribution in [3.63, 3.8) is 0 Å². The molecule has 0 fully saturated rings. The minimum Gasteiger partial charge on any atom is -0.272 e. The van der Waals surface area contributed by atoms with Crippen molar-refractivity contribution in [1.82, 2.24) is 15.0 Å². The van der Waals surface area contributed by atoms with E-state index in [0.717, 1.165) is 15.6 Å². The van der Waals surface area contributed by atoms with Gasteiger partial charge in [0.2, 0.25) is 0 Å². The lowest BCUT2D eigenvalue weighted by Gasteiger charge is -2.13. The number of halogens is 1. The second-order valence-electron chi connectivity index (χ2n) is 6.97. The summed E-state index contributed by atoms with van der Waals surface area (Å²) in [7, 11) is 0.